The molecule has 29 heavy (non-hydrogen) atoms. The van der Waals surface area contributed by atoms with E-state index in [4.69, 9.17) is 9.47 Å². The zero-order chi connectivity index (χ0) is 21.2. The molecule has 1 aliphatic rings. The fraction of sp³-hybridized carbons (Fsp3) is 0.381. The first-order chi connectivity index (χ1) is 13.8. The molecule has 0 aromatic heterocycles. The van der Waals surface area contributed by atoms with Gasteiger partial charge in [0.2, 0.25) is 5.91 Å². The number of carbonyl (C=O) groups is 3. The summed E-state index contributed by atoms with van der Waals surface area (Å²) in [5, 5.41) is 21.4. The van der Waals surface area contributed by atoms with E-state index in [1.165, 1.54) is 37.3 Å². The second kappa shape index (κ2) is 10.9. The van der Waals surface area contributed by atoms with E-state index in [2.05, 4.69) is 5.32 Å². The van der Waals surface area contributed by atoms with Crippen molar-refractivity contribution >= 4 is 23.9 Å². The maximum absolute atomic E-state index is 12.0. The van der Waals surface area contributed by atoms with Gasteiger partial charge in [0.25, 0.3) is 0 Å². The standard InChI is InChI=1S/C21H25NO7/c1-14(23)22-17-7-5-16(6-8-17)21(27)29-12-2-11-28-20(26)10-4-15-3-9-18(24)19(25)13-15/h3-5,9-10,13,17,24-25H,2,6-8,11-12H2,1H3,(H,22,23)/b10-4+/t17-/m0/s1. The van der Waals surface area contributed by atoms with Gasteiger partial charge in [0.15, 0.2) is 11.5 Å². The number of benzene rings is 1. The maximum atomic E-state index is 12.0. The number of phenolic OH excluding ortho intramolecular Hbond substituents is 2. The summed E-state index contributed by atoms with van der Waals surface area (Å²) >= 11 is 0. The van der Waals surface area contributed by atoms with E-state index in [0.29, 0.717) is 36.8 Å². The topological polar surface area (TPSA) is 122 Å². The highest BCUT2D eigenvalue weighted by atomic mass is 16.5. The van der Waals surface area contributed by atoms with Crippen molar-refractivity contribution in [2.45, 2.75) is 38.6 Å². The molecule has 1 aliphatic carbocycles. The zero-order valence-electron chi connectivity index (χ0n) is 16.2. The molecule has 0 bridgehead atoms. The molecular formula is C21H25NO7. The summed E-state index contributed by atoms with van der Waals surface area (Å²) in [5.41, 5.74) is 1.14. The molecular weight excluding hydrogens is 378 g/mol. The van der Waals surface area contributed by atoms with E-state index in [0.717, 1.165) is 0 Å². The first-order valence-corrected chi connectivity index (χ1v) is 9.35. The van der Waals surface area contributed by atoms with E-state index in [1.807, 2.05) is 0 Å². The third-order valence-electron chi connectivity index (χ3n) is 4.26. The van der Waals surface area contributed by atoms with Gasteiger partial charge in [-0.3, -0.25) is 4.79 Å². The van der Waals surface area contributed by atoms with Crippen molar-refractivity contribution in [1.29, 1.82) is 0 Å². The molecule has 3 N–H and O–H groups in total. The van der Waals surface area contributed by atoms with Crippen LogP contribution in [0.15, 0.2) is 35.9 Å². The normalized spacial score (nSPS) is 16.2. The minimum Gasteiger partial charge on any atom is -0.504 e. The smallest absolute Gasteiger partial charge is 0.333 e. The van der Waals surface area contributed by atoms with E-state index in [-0.39, 0.29) is 42.6 Å². The third-order valence-corrected chi connectivity index (χ3v) is 4.26. The van der Waals surface area contributed by atoms with Crippen molar-refractivity contribution in [2.75, 3.05) is 13.2 Å². The SMILES string of the molecule is CC(=O)N[C@H]1CC=C(C(=O)OCCCOC(=O)/C=C/c2ccc(O)c(O)c2)CC1. The molecule has 1 aromatic carbocycles. The number of aromatic hydroxyl groups is 2. The molecule has 0 spiro atoms. The largest absolute Gasteiger partial charge is 0.504 e. The summed E-state index contributed by atoms with van der Waals surface area (Å²) in [4.78, 5) is 34.7. The van der Waals surface area contributed by atoms with Crippen molar-refractivity contribution < 1.29 is 34.1 Å². The fourth-order valence-corrected chi connectivity index (χ4v) is 2.78. The summed E-state index contributed by atoms with van der Waals surface area (Å²) in [6.45, 7) is 1.70. The Morgan fingerprint density at radius 3 is 2.59 bits per heavy atom. The molecule has 1 amide bonds. The van der Waals surface area contributed by atoms with Crippen LogP contribution in [0.3, 0.4) is 0 Å². The monoisotopic (exact) mass is 403 g/mol. The fourth-order valence-electron chi connectivity index (χ4n) is 2.78. The number of nitrogens with one attached hydrogen (secondary N) is 1. The van der Waals surface area contributed by atoms with Gasteiger partial charge < -0.3 is 25.0 Å². The minimum atomic E-state index is -0.567. The Hall–Kier alpha value is -3.29. The zero-order valence-corrected chi connectivity index (χ0v) is 16.2. The number of carbonyl (C=O) groups excluding carboxylic acids is 3. The van der Waals surface area contributed by atoms with Gasteiger partial charge in [-0.25, -0.2) is 9.59 Å². The van der Waals surface area contributed by atoms with Crippen LogP contribution in [-0.2, 0) is 23.9 Å². The van der Waals surface area contributed by atoms with Crippen molar-refractivity contribution in [1.82, 2.24) is 5.32 Å². The molecule has 1 atom stereocenters. The van der Waals surface area contributed by atoms with Gasteiger partial charge in [0, 0.05) is 31.0 Å². The van der Waals surface area contributed by atoms with Crippen LogP contribution in [-0.4, -0.2) is 47.3 Å². The van der Waals surface area contributed by atoms with Gasteiger partial charge in [-0.1, -0.05) is 12.1 Å². The number of rotatable bonds is 8. The lowest BCUT2D eigenvalue weighted by Gasteiger charge is -2.21. The summed E-state index contributed by atoms with van der Waals surface area (Å²) in [6.07, 6.45) is 6.67. The van der Waals surface area contributed by atoms with Gasteiger partial charge in [-0.05, 0) is 43.0 Å². The number of amides is 1. The first kappa shape index (κ1) is 22.0. The second-order valence-corrected chi connectivity index (χ2v) is 6.64. The molecule has 2 rings (SSSR count). The molecule has 0 unspecified atom stereocenters. The Morgan fingerprint density at radius 1 is 1.17 bits per heavy atom. The Labute approximate surface area is 168 Å². The number of esters is 2. The van der Waals surface area contributed by atoms with Crippen LogP contribution in [0.2, 0.25) is 0 Å². The molecule has 0 saturated carbocycles. The number of phenols is 2. The minimum absolute atomic E-state index is 0.0575. The number of hydrogen-bond donors (Lipinski definition) is 3. The molecule has 8 heteroatoms. The molecule has 0 aliphatic heterocycles. The van der Waals surface area contributed by atoms with Crippen LogP contribution in [0.25, 0.3) is 6.08 Å². The quantitative estimate of drug-likeness (QED) is 0.263. The van der Waals surface area contributed by atoms with Crippen molar-refractivity contribution in [3.05, 3.63) is 41.5 Å². The summed E-state index contributed by atoms with van der Waals surface area (Å²) < 4.78 is 10.2. The molecule has 0 heterocycles. The van der Waals surface area contributed by atoms with Crippen molar-refractivity contribution in [2.24, 2.45) is 0 Å². The highest BCUT2D eigenvalue weighted by Gasteiger charge is 2.20. The first-order valence-electron chi connectivity index (χ1n) is 9.35. The van der Waals surface area contributed by atoms with E-state index in [9.17, 15) is 24.6 Å². The molecule has 8 nitrogen and oxygen atoms in total. The predicted molar refractivity (Wildman–Crippen MR) is 105 cm³/mol. The van der Waals surface area contributed by atoms with Gasteiger partial charge >= 0.3 is 11.9 Å². The Bertz CT molecular complexity index is 813. The van der Waals surface area contributed by atoms with E-state index >= 15 is 0 Å². The Kier molecular flexibility index (Phi) is 8.27. The summed E-state index contributed by atoms with van der Waals surface area (Å²) in [6, 6.07) is 4.23. The van der Waals surface area contributed by atoms with Crippen LogP contribution in [0.5, 0.6) is 11.5 Å². The molecule has 0 saturated heterocycles. The van der Waals surface area contributed by atoms with Crippen molar-refractivity contribution in [3.8, 4) is 11.5 Å². The molecule has 0 radical (unpaired) electrons. The average molecular weight is 403 g/mol. The maximum Gasteiger partial charge on any atom is 0.333 e. The van der Waals surface area contributed by atoms with E-state index in [1.54, 1.807) is 6.08 Å². The third kappa shape index (κ3) is 7.69. The lowest BCUT2D eigenvalue weighted by Crippen LogP contribution is -2.34. The van der Waals surface area contributed by atoms with E-state index < -0.39 is 5.97 Å². The summed E-state index contributed by atoms with van der Waals surface area (Å²) in [5.74, 6) is -1.55. The van der Waals surface area contributed by atoms with Crippen LogP contribution in [0, 0.1) is 0 Å². The Balaban J connectivity index is 1.62. The number of ether oxygens (including phenoxy) is 2. The van der Waals surface area contributed by atoms with Crippen LogP contribution in [0.1, 0.15) is 38.2 Å². The van der Waals surface area contributed by atoms with Gasteiger partial charge in [0.05, 0.1) is 13.2 Å². The molecule has 156 valence electrons. The van der Waals surface area contributed by atoms with Gasteiger partial charge in [0.1, 0.15) is 0 Å². The molecule has 1 aromatic rings. The van der Waals surface area contributed by atoms with Gasteiger partial charge in [-0.2, -0.15) is 0 Å². The highest BCUT2D eigenvalue weighted by Crippen LogP contribution is 2.25. The summed E-state index contributed by atoms with van der Waals surface area (Å²) in [7, 11) is 0. The second-order valence-electron chi connectivity index (χ2n) is 6.64. The highest BCUT2D eigenvalue weighted by molar-refractivity contribution is 5.88. The predicted octanol–water partition coefficient (Wildman–Crippen LogP) is 2.20. The lowest BCUT2D eigenvalue weighted by atomic mass is 9.95. The van der Waals surface area contributed by atoms with Crippen molar-refractivity contribution in [3.63, 3.8) is 0 Å². The van der Waals surface area contributed by atoms with Gasteiger partial charge in [-0.15, -0.1) is 0 Å². The number of hydrogen-bond acceptors (Lipinski definition) is 7. The van der Waals surface area contributed by atoms with Crippen LogP contribution in [0.4, 0.5) is 0 Å². The van der Waals surface area contributed by atoms with Crippen LogP contribution < -0.4 is 5.32 Å². The lowest BCUT2D eigenvalue weighted by molar-refractivity contribution is -0.141. The average Bonchev–Trinajstić information content (AvgIpc) is 2.68. The molecule has 0 fully saturated rings. The van der Waals surface area contributed by atoms with Crippen LogP contribution >= 0.6 is 0 Å². The Morgan fingerprint density at radius 2 is 1.93 bits per heavy atom.